The van der Waals surface area contributed by atoms with Gasteiger partial charge >= 0.3 is 0 Å². The van der Waals surface area contributed by atoms with Crippen molar-refractivity contribution in [3.8, 4) is 11.1 Å². The third-order valence-electron chi connectivity index (χ3n) is 10.1. The second-order valence-electron chi connectivity index (χ2n) is 13.4. The van der Waals surface area contributed by atoms with Crippen molar-refractivity contribution in [1.82, 2.24) is 0 Å². The van der Waals surface area contributed by atoms with E-state index in [1.54, 1.807) is 0 Å². The summed E-state index contributed by atoms with van der Waals surface area (Å²) >= 11 is 1.90. The molecule has 2 heterocycles. The molecule has 7 aromatic rings. The van der Waals surface area contributed by atoms with E-state index in [2.05, 4.69) is 133 Å². The number of halogens is 1. The Labute approximate surface area is 290 Å². The van der Waals surface area contributed by atoms with Crippen LogP contribution in [0.2, 0.25) is 0 Å². The van der Waals surface area contributed by atoms with E-state index in [0.29, 0.717) is 0 Å². The minimum absolute atomic E-state index is 0.119. The van der Waals surface area contributed by atoms with E-state index in [1.165, 1.54) is 71.3 Å². The average Bonchev–Trinajstić information content (AvgIpc) is 3.52. The molecular formula is C45H35FN2S. The molecule has 0 amide bonds. The second-order valence-corrected chi connectivity index (χ2v) is 14.5. The van der Waals surface area contributed by atoms with Crippen molar-refractivity contribution in [3.63, 3.8) is 0 Å². The molecule has 0 radical (unpaired) electrons. The molecule has 0 spiro atoms. The summed E-state index contributed by atoms with van der Waals surface area (Å²) in [7, 11) is 0. The van der Waals surface area contributed by atoms with E-state index in [9.17, 15) is 4.39 Å². The molecule has 9 rings (SSSR count). The molecule has 0 N–H and O–H groups in total. The van der Waals surface area contributed by atoms with Crippen molar-refractivity contribution in [3.05, 3.63) is 166 Å². The first-order valence-corrected chi connectivity index (χ1v) is 17.8. The molecule has 49 heavy (non-hydrogen) atoms. The summed E-state index contributed by atoms with van der Waals surface area (Å²) in [6.45, 7) is 4.67. The van der Waals surface area contributed by atoms with Crippen LogP contribution in [0, 0.1) is 5.82 Å². The van der Waals surface area contributed by atoms with Gasteiger partial charge in [-0.05, 0) is 108 Å². The van der Waals surface area contributed by atoms with E-state index >= 15 is 0 Å². The molecule has 0 atom stereocenters. The van der Waals surface area contributed by atoms with Gasteiger partial charge in [-0.3, -0.25) is 0 Å². The highest BCUT2D eigenvalue weighted by Crippen LogP contribution is 2.52. The summed E-state index contributed by atoms with van der Waals surface area (Å²) in [6, 6.07) is 48.3. The maximum atomic E-state index is 14.0. The smallest absolute Gasteiger partial charge is 0.123 e. The van der Waals surface area contributed by atoms with E-state index in [1.807, 2.05) is 41.7 Å². The number of anilines is 6. The molecule has 1 aliphatic heterocycles. The number of nitrogens with zero attached hydrogens (tertiary/aromatic N) is 2. The second kappa shape index (κ2) is 11.6. The summed E-state index contributed by atoms with van der Waals surface area (Å²) in [4.78, 5) is 4.64. The predicted molar refractivity (Wildman–Crippen MR) is 206 cm³/mol. The van der Waals surface area contributed by atoms with Crippen LogP contribution in [-0.2, 0) is 5.41 Å². The molecule has 4 heteroatoms. The van der Waals surface area contributed by atoms with Crippen molar-refractivity contribution in [1.29, 1.82) is 0 Å². The van der Waals surface area contributed by atoms with Gasteiger partial charge in [-0.25, -0.2) is 4.39 Å². The fourth-order valence-corrected chi connectivity index (χ4v) is 9.01. The van der Waals surface area contributed by atoms with E-state index in [4.69, 9.17) is 0 Å². The average molecular weight is 655 g/mol. The molecule has 1 aliphatic carbocycles. The van der Waals surface area contributed by atoms with Gasteiger partial charge in [0.05, 0.1) is 11.4 Å². The number of para-hydroxylation sites is 3. The Balaban J connectivity index is 1.24. The summed E-state index contributed by atoms with van der Waals surface area (Å²) in [5.41, 5.74) is 11.5. The summed E-state index contributed by atoms with van der Waals surface area (Å²) < 4.78 is 16.6. The number of fused-ring (bicyclic) bond motifs is 5. The van der Waals surface area contributed by atoms with Crippen LogP contribution >= 0.6 is 11.3 Å². The van der Waals surface area contributed by atoms with Crippen molar-refractivity contribution >= 4 is 67.7 Å². The molecule has 2 aliphatic rings. The van der Waals surface area contributed by atoms with Gasteiger partial charge in [-0.15, -0.1) is 11.3 Å². The normalized spacial score (nSPS) is 14.3. The first-order chi connectivity index (χ1) is 24.0. The molecule has 0 bridgehead atoms. The van der Waals surface area contributed by atoms with Crippen LogP contribution in [-0.4, -0.2) is 0 Å². The Kier molecular flexibility index (Phi) is 7.03. The lowest BCUT2D eigenvalue weighted by atomic mass is 9.73. The Morgan fingerprint density at radius 1 is 0.633 bits per heavy atom. The molecule has 2 nitrogen and oxygen atoms in total. The molecule has 0 fully saturated rings. The highest BCUT2D eigenvalue weighted by Gasteiger charge is 2.36. The Morgan fingerprint density at radius 2 is 1.20 bits per heavy atom. The number of hydrogen-bond acceptors (Lipinski definition) is 3. The van der Waals surface area contributed by atoms with Crippen LogP contribution in [0.25, 0.3) is 33.4 Å². The third kappa shape index (κ3) is 4.90. The van der Waals surface area contributed by atoms with Crippen molar-refractivity contribution in [2.75, 3.05) is 9.80 Å². The van der Waals surface area contributed by atoms with Gasteiger partial charge in [0, 0.05) is 48.3 Å². The zero-order valence-electron chi connectivity index (χ0n) is 27.5. The van der Waals surface area contributed by atoms with Crippen LogP contribution in [0.3, 0.4) is 0 Å². The van der Waals surface area contributed by atoms with Crippen molar-refractivity contribution < 1.29 is 4.39 Å². The Bertz CT molecular complexity index is 2430. The van der Waals surface area contributed by atoms with E-state index in [-0.39, 0.29) is 11.2 Å². The zero-order valence-corrected chi connectivity index (χ0v) is 28.3. The lowest BCUT2D eigenvalue weighted by Crippen LogP contribution is -2.30. The summed E-state index contributed by atoms with van der Waals surface area (Å²) in [5, 5.41) is 2.67. The van der Waals surface area contributed by atoms with Gasteiger partial charge in [0.2, 0.25) is 0 Å². The molecule has 238 valence electrons. The standard InChI is InChI=1S/C45H35FN2S/c1-45(2)39-15-7-9-17-41(39)48(42-18-10-8-16-40(42)45)35-28-37(44-38(29-35)36-14-6-11-19-43(36)49-44)30-20-24-33(25-21-30)47(32-12-4-3-5-13-32)34-26-22-31(46)23-27-34/h3-5,7-10,12-29H,6,11H2,1-2H3. The van der Waals surface area contributed by atoms with Gasteiger partial charge in [-0.1, -0.05) is 92.7 Å². The molecule has 0 saturated heterocycles. The fraction of sp³-hybridized carbons (Fsp3) is 0.111. The number of thiophene rings is 1. The van der Waals surface area contributed by atoms with Crippen LogP contribution in [0.4, 0.5) is 38.5 Å². The predicted octanol–water partition coefficient (Wildman–Crippen LogP) is 11.6. The van der Waals surface area contributed by atoms with Crippen molar-refractivity contribution in [2.45, 2.75) is 32.1 Å². The molecule has 1 aromatic heterocycles. The largest absolute Gasteiger partial charge is 0.311 e. The van der Waals surface area contributed by atoms with Crippen molar-refractivity contribution in [2.24, 2.45) is 0 Å². The Hall–Kier alpha value is -5.45. The molecular weight excluding hydrogens is 620 g/mol. The van der Waals surface area contributed by atoms with Gasteiger partial charge in [0.25, 0.3) is 0 Å². The van der Waals surface area contributed by atoms with Crippen LogP contribution in [0.5, 0.6) is 0 Å². The molecule has 0 unspecified atom stereocenters. The van der Waals surface area contributed by atoms with E-state index in [0.717, 1.165) is 29.9 Å². The number of rotatable bonds is 5. The SMILES string of the molecule is CC1(C)c2ccccc2N(c2cc(-c3ccc(N(c4ccccc4)c4ccc(F)cc4)cc3)c3sc4c(c3c2)=CCCC=4)c2ccccc21. The molecule has 0 saturated carbocycles. The lowest BCUT2D eigenvalue weighted by molar-refractivity contribution is 0.628. The minimum atomic E-state index is -0.244. The van der Waals surface area contributed by atoms with Gasteiger partial charge in [0.15, 0.2) is 0 Å². The highest BCUT2D eigenvalue weighted by atomic mass is 32.1. The lowest BCUT2D eigenvalue weighted by Gasteiger charge is -2.42. The topological polar surface area (TPSA) is 6.48 Å². The fourth-order valence-electron chi connectivity index (χ4n) is 7.72. The maximum absolute atomic E-state index is 14.0. The quantitative estimate of drug-likeness (QED) is 0.182. The van der Waals surface area contributed by atoms with Crippen LogP contribution in [0.15, 0.2) is 140 Å². The Morgan fingerprint density at radius 3 is 1.88 bits per heavy atom. The third-order valence-corrected chi connectivity index (χ3v) is 11.4. The highest BCUT2D eigenvalue weighted by molar-refractivity contribution is 7.17. The maximum Gasteiger partial charge on any atom is 0.123 e. The number of hydrogen-bond donors (Lipinski definition) is 0. The first kappa shape index (κ1) is 29.7. The molecule has 6 aromatic carbocycles. The van der Waals surface area contributed by atoms with E-state index < -0.39 is 0 Å². The van der Waals surface area contributed by atoms with Gasteiger partial charge < -0.3 is 9.80 Å². The first-order valence-electron chi connectivity index (χ1n) is 16.9. The van der Waals surface area contributed by atoms with Gasteiger partial charge in [-0.2, -0.15) is 0 Å². The van der Waals surface area contributed by atoms with Crippen LogP contribution < -0.4 is 19.6 Å². The van der Waals surface area contributed by atoms with Gasteiger partial charge in [0.1, 0.15) is 5.82 Å². The minimum Gasteiger partial charge on any atom is -0.311 e. The monoisotopic (exact) mass is 654 g/mol. The number of benzene rings is 6. The zero-order chi connectivity index (χ0) is 33.1. The summed E-state index contributed by atoms with van der Waals surface area (Å²) in [6.07, 6.45) is 6.97. The van der Waals surface area contributed by atoms with Crippen LogP contribution in [0.1, 0.15) is 37.8 Å². The summed E-state index contributed by atoms with van der Waals surface area (Å²) in [5.74, 6) is -0.244.